The second-order valence-electron chi connectivity index (χ2n) is 3.98. The Bertz CT molecular complexity index is 150. The minimum absolute atomic E-state index is 0.612. The number of hydrogen-bond acceptors (Lipinski definition) is 4. The van der Waals surface area contributed by atoms with Gasteiger partial charge in [0, 0.05) is 19.8 Å². The summed E-state index contributed by atoms with van der Waals surface area (Å²) in [5, 5.41) is 0. The van der Waals surface area contributed by atoms with Gasteiger partial charge in [0.25, 0.3) is 0 Å². The van der Waals surface area contributed by atoms with E-state index >= 15 is 0 Å². The highest BCUT2D eigenvalue weighted by Gasteiger charge is 2.41. The van der Waals surface area contributed by atoms with E-state index in [1.165, 1.54) is 0 Å². The molecule has 0 aromatic heterocycles. The predicted octanol–water partition coefficient (Wildman–Crippen LogP) is 2.17. The predicted molar refractivity (Wildman–Crippen MR) is 68.1 cm³/mol. The fraction of sp³-hybridized carbons (Fsp3) is 1.00. The Hall–Kier alpha value is 0.0569. The average Bonchev–Trinajstić information content (AvgIpc) is 2.18. The highest BCUT2D eigenvalue weighted by molar-refractivity contribution is 6.57. The molecule has 0 bridgehead atoms. The van der Waals surface area contributed by atoms with Crippen LogP contribution in [0.4, 0.5) is 0 Å². The summed E-state index contributed by atoms with van der Waals surface area (Å²) in [7, 11) is -2.61. The van der Waals surface area contributed by atoms with Crippen LogP contribution in [-0.2, 0) is 13.3 Å². The average molecular weight is 249 g/mol. The maximum Gasteiger partial charge on any atom is 0.596 e. The highest BCUT2D eigenvalue weighted by Crippen LogP contribution is 2.09. The van der Waals surface area contributed by atoms with E-state index < -0.39 is 8.97 Å². The minimum Gasteiger partial charge on any atom is -0.361 e. The van der Waals surface area contributed by atoms with Crippen LogP contribution >= 0.6 is 0 Å². The molecule has 0 aliphatic heterocycles. The van der Waals surface area contributed by atoms with Gasteiger partial charge in [-0.3, -0.25) is 4.98 Å². The second kappa shape index (κ2) is 9.12. The van der Waals surface area contributed by atoms with Crippen molar-refractivity contribution in [3.63, 3.8) is 0 Å². The van der Waals surface area contributed by atoms with Crippen molar-refractivity contribution in [2.75, 3.05) is 26.4 Å². The lowest BCUT2D eigenvalue weighted by atomic mass is 10.2. The van der Waals surface area contributed by atoms with Crippen LogP contribution in [0.2, 0.25) is 0 Å². The number of hydrogen-bond donors (Lipinski definition) is 1. The Morgan fingerprint density at radius 2 is 1.56 bits per heavy atom. The topological polar surface area (TPSA) is 39.7 Å². The van der Waals surface area contributed by atoms with E-state index in [4.69, 9.17) is 13.3 Å². The van der Waals surface area contributed by atoms with E-state index in [9.17, 15) is 0 Å². The molecule has 0 aromatic carbocycles. The third-order valence-corrected chi connectivity index (χ3v) is 4.76. The van der Waals surface area contributed by atoms with Crippen LogP contribution in [0.1, 0.15) is 41.0 Å². The first kappa shape index (κ1) is 16.1. The molecule has 0 radical (unpaired) electrons. The quantitative estimate of drug-likeness (QED) is 0.602. The molecule has 4 nitrogen and oxygen atoms in total. The van der Waals surface area contributed by atoms with Gasteiger partial charge in [-0.15, -0.1) is 0 Å². The molecule has 0 rings (SSSR count). The molecule has 0 fully saturated rings. The third kappa shape index (κ3) is 6.60. The lowest BCUT2D eigenvalue weighted by molar-refractivity contribution is 0.0533. The van der Waals surface area contributed by atoms with Crippen molar-refractivity contribution in [3.8, 4) is 0 Å². The fourth-order valence-corrected chi connectivity index (χ4v) is 3.44. The zero-order valence-corrected chi connectivity index (χ0v) is 12.3. The highest BCUT2D eigenvalue weighted by atomic mass is 28.4. The van der Waals surface area contributed by atoms with E-state index in [2.05, 4.69) is 18.8 Å². The van der Waals surface area contributed by atoms with Crippen LogP contribution < -0.4 is 4.98 Å². The van der Waals surface area contributed by atoms with Crippen LogP contribution in [-0.4, -0.2) is 35.3 Å². The Morgan fingerprint density at radius 3 is 1.94 bits per heavy atom. The number of rotatable bonds is 10. The van der Waals surface area contributed by atoms with E-state index in [-0.39, 0.29) is 0 Å². The molecule has 0 heterocycles. The molecule has 0 saturated carbocycles. The van der Waals surface area contributed by atoms with Crippen molar-refractivity contribution in [2.24, 2.45) is 5.92 Å². The second-order valence-corrected chi connectivity index (χ2v) is 6.32. The number of nitrogens with one attached hydrogen (secondary N) is 1. The van der Waals surface area contributed by atoms with Gasteiger partial charge in [-0.2, -0.15) is 0 Å². The lowest BCUT2D eigenvalue weighted by Gasteiger charge is -2.28. The molecule has 0 aliphatic rings. The summed E-state index contributed by atoms with van der Waals surface area (Å²) < 4.78 is 17.2. The Kier molecular flexibility index (Phi) is 9.16. The Balaban J connectivity index is 4.23. The molecule has 0 amide bonds. The van der Waals surface area contributed by atoms with Crippen LogP contribution in [0.25, 0.3) is 0 Å². The molecule has 98 valence electrons. The molecule has 5 heteroatoms. The first-order chi connectivity index (χ1) is 7.60. The maximum atomic E-state index is 5.85. The van der Waals surface area contributed by atoms with Crippen molar-refractivity contribution >= 4 is 8.97 Å². The van der Waals surface area contributed by atoms with E-state index in [0.29, 0.717) is 25.7 Å². The summed E-state index contributed by atoms with van der Waals surface area (Å²) in [4.78, 5) is 3.24. The van der Waals surface area contributed by atoms with Crippen molar-refractivity contribution in [3.05, 3.63) is 0 Å². The van der Waals surface area contributed by atoms with Crippen molar-refractivity contribution < 1.29 is 13.3 Å². The standard InChI is InChI=1S/C11H27NO3Si/c1-6-12-16(13-7-2,14-8-3)15-10-9-11(4)5/h11-12H,6-10H2,1-5H3. The van der Waals surface area contributed by atoms with Gasteiger partial charge in [0.05, 0.1) is 0 Å². The van der Waals surface area contributed by atoms with Gasteiger partial charge in [0.1, 0.15) is 0 Å². The van der Waals surface area contributed by atoms with Crippen LogP contribution in [0.5, 0.6) is 0 Å². The molecule has 0 aromatic rings. The first-order valence-corrected chi connectivity index (χ1v) is 7.99. The van der Waals surface area contributed by atoms with Gasteiger partial charge in [-0.25, -0.2) is 0 Å². The van der Waals surface area contributed by atoms with Crippen LogP contribution in [0.15, 0.2) is 0 Å². The van der Waals surface area contributed by atoms with Crippen molar-refractivity contribution in [1.29, 1.82) is 0 Å². The molecule has 0 spiro atoms. The van der Waals surface area contributed by atoms with E-state index in [1.807, 2.05) is 20.8 Å². The smallest absolute Gasteiger partial charge is 0.361 e. The molecule has 0 atom stereocenters. The Labute approximate surface area is 101 Å². The fourth-order valence-electron chi connectivity index (χ4n) is 1.30. The maximum absolute atomic E-state index is 5.85. The zero-order valence-electron chi connectivity index (χ0n) is 11.3. The van der Waals surface area contributed by atoms with Gasteiger partial charge < -0.3 is 13.3 Å². The minimum atomic E-state index is -2.61. The summed E-state index contributed by atoms with van der Waals surface area (Å²) in [6.07, 6.45) is 1.03. The molecule has 16 heavy (non-hydrogen) atoms. The summed E-state index contributed by atoms with van der Waals surface area (Å²) in [5.41, 5.74) is 0. The molecule has 1 N–H and O–H groups in total. The summed E-state index contributed by atoms with van der Waals surface area (Å²) >= 11 is 0. The van der Waals surface area contributed by atoms with Crippen LogP contribution in [0, 0.1) is 5.92 Å². The molecule has 0 unspecified atom stereocenters. The van der Waals surface area contributed by atoms with Crippen LogP contribution in [0.3, 0.4) is 0 Å². The molecule has 0 saturated heterocycles. The van der Waals surface area contributed by atoms with Crippen molar-refractivity contribution in [2.45, 2.75) is 41.0 Å². The van der Waals surface area contributed by atoms with Crippen molar-refractivity contribution in [1.82, 2.24) is 4.98 Å². The SMILES string of the molecule is CCN[Si](OCC)(OCC)OCCC(C)C. The summed E-state index contributed by atoms with van der Waals surface area (Å²) in [5.74, 6) is 0.636. The first-order valence-electron chi connectivity index (χ1n) is 6.27. The van der Waals surface area contributed by atoms with Gasteiger partial charge >= 0.3 is 8.97 Å². The zero-order chi connectivity index (χ0) is 12.4. The monoisotopic (exact) mass is 249 g/mol. The molecule has 0 aliphatic carbocycles. The normalized spacial score (nSPS) is 12.4. The van der Waals surface area contributed by atoms with E-state index in [1.54, 1.807) is 0 Å². The van der Waals surface area contributed by atoms with Gasteiger partial charge in [0.15, 0.2) is 0 Å². The van der Waals surface area contributed by atoms with Gasteiger partial charge in [-0.1, -0.05) is 20.8 Å². The largest absolute Gasteiger partial charge is 0.596 e. The molecular weight excluding hydrogens is 222 g/mol. The lowest BCUT2D eigenvalue weighted by Crippen LogP contribution is -2.59. The van der Waals surface area contributed by atoms with E-state index in [0.717, 1.165) is 13.0 Å². The third-order valence-electron chi connectivity index (χ3n) is 2.05. The Morgan fingerprint density at radius 1 is 1.00 bits per heavy atom. The van der Waals surface area contributed by atoms with Gasteiger partial charge in [0.2, 0.25) is 0 Å². The van der Waals surface area contributed by atoms with Gasteiger partial charge in [-0.05, 0) is 32.7 Å². The summed E-state index contributed by atoms with van der Waals surface area (Å²) in [6, 6.07) is 0. The summed E-state index contributed by atoms with van der Waals surface area (Å²) in [6.45, 7) is 13.0. The molecular formula is C11H27NO3Si.